The van der Waals surface area contributed by atoms with Crippen molar-refractivity contribution in [2.75, 3.05) is 0 Å². The molecule has 2 radical (unpaired) electrons. The maximum absolute atomic E-state index is 8.55. The van der Waals surface area contributed by atoms with Gasteiger partial charge in [0.2, 0.25) is 0 Å². The fourth-order valence-electron chi connectivity index (χ4n) is 0. The molecule has 0 aliphatic heterocycles. The van der Waals surface area contributed by atoms with Gasteiger partial charge in [0.15, 0.2) is 0 Å². The number of phosphoric acid groups is 1. The maximum Gasteiger partial charge on any atom is 3.00 e. The van der Waals surface area contributed by atoms with E-state index < -0.39 is 7.82 Å². The van der Waals surface area contributed by atoms with Gasteiger partial charge in [-0.05, 0) is 0 Å². The fourth-order valence-corrected chi connectivity index (χ4v) is 0. The van der Waals surface area contributed by atoms with Crippen LogP contribution in [0, 0.1) is 41.7 Å². The molecular formula is CeO5PV-2. The first kappa shape index (κ1) is 22.5. The van der Waals surface area contributed by atoms with Crippen LogP contribution >= 0.6 is 7.82 Å². The van der Waals surface area contributed by atoms with Crippen molar-refractivity contribution in [3.8, 4) is 0 Å². The molecule has 0 fully saturated rings. The maximum atomic E-state index is 8.55. The Kier molecular flexibility index (Phi) is 25.4. The average molecular weight is 302 g/mol. The molecule has 0 saturated carbocycles. The summed E-state index contributed by atoms with van der Waals surface area (Å²) in [5.41, 5.74) is 0. The molecule has 8 heavy (non-hydrogen) atoms. The zero-order chi connectivity index (χ0) is 4.50. The largest absolute Gasteiger partial charge is 3.00 e. The SMILES string of the molecule is O=P([O-])([O-])[O-].[Ce+3].[O-2].[V]. The quantitative estimate of drug-likeness (QED) is 0.445. The van der Waals surface area contributed by atoms with Crippen molar-refractivity contribution in [3.05, 3.63) is 0 Å². The van der Waals surface area contributed by atoms with Gasteiger partial charge in [-0.25, -0.2) is 0 Å². The minimum atomic E-state index is -5.39. The topological polar surface area (TPSA) is 115 Å². The first-order valence-corrected chi connectivity index (χ1v) is 2.19. The second kappa shape index (κ2) is 9.03. The van der Waals surface area contributed by atoms with Crippen LogP contribution in [-0.2, 0) is 28.6 Å². The first-order chi connectivity index (χ1) is 2.00. The van der Waals surface area contributed by atoms with Crippen LogP contribution in [0.4, 0.5) is 0 Å². The molecule has 0 saturated heterocycles. The normalized spacial score (nSPS) is 7.38. The van der Waals surface area contributed by atoms with Crippen molar-refractivity contribution in [3.63, 3.8) is 0 Å². The molecule has 0 aromatic carbocycles. The zero-order valence-electron chi connectivity index (χ0n) is 3.44. The van der Waals surface area contributed by atoms with Crippen LogP contribution in [0.5, 0.6) is 0 Å². The summed E-state index contributed by atoms with van der Waals surface area (Å²) in [5.74, 6) is 0. The molecule has 0 aliphatic rings. The molecule has 5 nitrogen and oxygen atoms in total. The van der Waals surface area contributed by atoms with Crippen molar-refractivity contribution >= 4 is 7.82 Å². The zero-order valence-corrected chi connectivity index (χ0v) is 8.87. The van der Waals surface area contributed by atoms with E-state index in [-0.39, 0.29) is 65.8 Å². The molecule has 0 atom stereocenters. The van der Waals surface area contributed by atoms with Gasteiger partial charge in [0.05, 0.1) is 0 Å². The predicted octanol–water partition coefficient (Wildman–Crippen LogP) is -2.95. The summed E-state index contributed by atoms with van der Waals surface area (Å²) >= 11 is 0. The van der Waals surface area contributed by atoms with Gasteiger partial charge >= 0.3 is 41.7 Å². The minimum absolute atomic E-state index is 0. The van der Waals surface area contributed by atoms with Crippen LogP contribution in [-0.4, -0.2) is 0 Å². The molecule has 8 heteroatoms. The second-order valence-electron chi connectivity index (χ2n) is 0.447. The van der Waals surface area contributed by atoms with Gasteiger partial charge in [-0.1, -0.05) is 0 Å². The summed E-state index contributed by atoms with van der Waals surface area (Å²) in [6.07, 6.45) is 0. The molecule has 0 amide bonds. The van der Waals surface area contributed by atoms with Crippen LogP contribution in [0.3, 0.4) is 0 Å². The van der Waals surface area contributed by atoms with Gasteiger partial charge in [0.1, 0.15) is 0 Å². The van der Waals surface area contributed by atoms with E-state index in [2.05, 4.69) is 0 Å². The summed E-state index contributed by atoms with van der Waals surface area (Å²) in [7, 11) is -5.39. The summed E-state index contributed by atoms with van der Waals surface area (Å²) in [6, 6.07) is 0. The van der Waals surface area contributed by atoms with Gasteiger partial charge in [-0.15, -0.1) is 0 Å². The number of hydrogen-bond acceptors (Lipinski definition) is 4. The number of rotatable bonds is 0. The van der Waals surface area contributed by atoms with Gasteiger partial charge in [-0.3, -0.25) is 0 Å². The molecule has 0 aromatic rings. The Morgan fingerprint density at radius 1 is 1.12 bits per heavy atom. The molecule has 0 spiro atoms. The Balaban J connectivity index is -0.0000000267. The van der Waals surface area contributed by atoms with E-state index in [4.69, 9.17) is 19.2 Å². The molecule has 0 rings (SSSR count). The van der Waals surface area contributed by atoms with Gasteiger partial charge in [0, 0.05) is 18.6 Å². The van der Waals surface area contributed by atoms with Crippen molar-refractivity contribution in [1.82, 2.24) is 0 Å². The third-order valence-corrected chi connectivity index (χ3v) is 0. The van der Waals surface area contributed by atoms with E-state index in [1.807, 2.05) is 0 Å². The Bertz CT molecular complexity index is 58.6. The molecular weight excluding hydrogens is 302 g/mol. The molecule has 0 unspecified atom stereocenters. The van der Waals surface area contributed by atoms with Crippen LogP contribution in [0.15, 0.2) is 0 Å². The molecule has 46 valence electrons. The van der Waals surface area contributed by atoms with Crippen LogP contribution in [0.2, 0.25) is 0 Å². The van der Waals surface area contributed by atoms with E-state index in [0.29, 0.717) is 0 Å². The third kappa shape index (κ3) is 96.2. The van der Waals surface area contributed by atoms with Crippen molar-refractivity contribution in [2.24, 2.45) is 0 Å². The van der Waals surface area contributed by atoms with E-state index in [0.717, 1.165) is 0 Å². The fraction of sp³-hybridized carbons (Fsp3) is 0. The number of hydrogen-bond donors (Lipinski definition) is 0. The summed E-state index contributed by atoms with van der Waals surface area (Å²) < 4.78 is 8.55. The van der Waals surface area contributed by atoms with Crippen molar-refractivity contribution < 1.29 is 85.0 Å². The van der Waals surface area contributed by atoms with Gasteiger partial charge in [-0.2, -0.15) is 7.82 Å². The van der Waals surface area contributed by atoms with Crippen LogP contribution < -0.4 is 14.7 Å². The third-order valence-electron chi connectivity index (χ3n) is 0. The molecule has 0 bridgehead atoms. The second-order valence-corrected chi connectivity index (χ2v) is 1.34. The molecule has 0 aromatic heterocycles. The Labute approximate surface area is 91.7 Å². The predicted molar refractivity (Wildman–Crippen MR) is 8.29 cm³/mol. The van der Waals surface area contributed by atoms with Gasteiger partial charge in [0.25, 0.3) is 0 Å². The molecule has 0 N–H and O–H groups in total. The Hall–Kier alpha value is 2.03. The summed E-state index contributed by atoms with van der Waals surface area (Å²) in [6.45, 7) is 0. The Morgan fingerprint density at radius 2 is 1.12 bits per heavy atom. The minimum Gasteiger partial charge on any atom is -2.00 e. The molecule has 0 heterocycles. The van der Waals surface area contributed by atoms with E-state index in [9.17, 15) is 0 Å². The van der Waals surface area contributed by atoms with E-state index in [1.165, 1.54) is 0 Å². The van der Waals surface area contributed by atoms with E-state index >= 15 is 0 Å². The Morgan fingerprint density at radius 3 is 1.12 bits per heavy atom. The van der Waals surface area contributed by atoms with Crippen molar-refractivity contribution in [2.45, 2.75) is 0 Å². The standard InChI is InChI=1S/Ce.H3O4P.O.V/c;1-5(2,3)4;;/h;(H3,1,2,3,4);;/q+3;;-2;/p-3. The summed E-state index contributed by atoms with van der Waals surface area (Å²) in [4.78, 5) is 25.6. The first-order valence-electron chi connectivity index (χ1n) is 0.730. The average Bonchev–Trinajstić information content (AvgIpc) is 0.722. The monoisotopic (exact) mass is 302 g/mol. The summed E-state index contributed by atoms with van der Waals surface area (Å²) in [5, 5.41) is 0. The van der Waals surface area contributed by atoms with Crippen LogP contribution in [0.1, 0.15) is 0 Å². The van der Waals surface area contributed by atoms with Crippen molar-refractivity contribution in [1.29, 1.82) is 0 Å². The van der Waals surface area contributed by atoms with E-state index in [1.54, 1.807) is 0 Å². The van der Waals surface area contributed by atoms with Crippen LogP contribution in [0.25, 0.3) is 0 Å². The molecule has 0 aliphatic carbocycles. The van der Waals surface area contributed by atoms with Gasteiger partial charge < -0.3 is 24.7 Å². The smallest absolute Gasteiger partial charge is 2.00 e.